The maximum Gasteiger partial charge on any atom is 0.0673 e. The first-order chi connectivity index (χ1) is 20.2. The Labute approximate surface area is 241 Å². The third-order valence-electron chi connectivity index (χ3n) is 8.50. The molecule has 0 radical (unpaired) electrons. The van der Waals surface area contributed by atoms with Gasteiger partial charge < -0.3 is 5.32 Å². The van der Waals surface area contributed by atoms with E-state index in [0.29, 0.717) is 0 Å². The van der Waals surface area contributed by atoms with Crippen molar-refractivity contribution in [1.29, 1.82) is 0 Å². The molecule has 0 fully saturated rings. The Morgan fingerprint density at radius 2 is 1.20 bits per heavy atom. The number of nitrogens with one attached hydrogen (secondary N) is 1. The number of anilines is 2. The second-order valence-corrected chi connectivity index (χ2v) is 10.8. The zero-order chi connectivity index (χ0) is 27.8. The molecule has 1 heteroatoms. The van der Waals surface area contributed by atoms with Gasteiger partial charge in [0.15, 0.2) is 0 Å². The van der Waals surface area contributed by atoms with Crippen molar-refractivity contribution in [3.63, 3.8) is 0 Å². The van der Waals surface area contributed by atoms with Crippen LogP contribution in [-0.2, 0) is 5.41 Å². The van der Waals surface area contributed by atoms with Crippen molar-refractivity contribution in [3.05, 3.63) is 186 Å². The maximum absolute atomic E-state index is 3.91. The Kier molecular flexibility index (Phi) is 6.14. The summed E-state index contributed by atoms with van der Waals surface area (Å²) in [7, 11) is 0. The summed E-state index contributed by atoms with van der Waals surface area (Å²) in [4.78, 5) is 0. The van der Waals surface area contributed by atoms with E-state index < -0.39 is 0 Å². The Morgan fingerprint density at radius 3 is 1.95 bits per heavy atom. The molecule has 0 saturated carbocycles. The van der Waals surface area contributed by atoms with Crippen LogP contribution in [0.25, 0.3) is 27.1 Å². The van der Waals surface area contributed by atoms with Crippen molar-refractivity contribution in [2.75, 3.05) is 5.32 Å². The Balaban J connectivity index is 1.31. The van der Waals surface area contributed by atoms with Crippen LogP contribution >= 0.6 is 0 Å². The fourth-order valence-electron chi connectivity index (χ4n) is 6.62. The molecule has 0 saturated heterocycles. The third kappa shape index (κ3) is 4.10. The molecule has 1 N–H and O–H groups in total. The van der Waals surface area contributed by atoms with Gasteiger partial charge in [0.25, 0.3) is 0 Å². The lowest BCUT2D eigenvalue weighted by molar-refractivity contribution is 0.743. The van der Waals surface area contributed by atoms with Gasteiger partial charge in [0, 0.05) is 11.4 Å². The van der Waals surface area contributed by atoms with E-state index >= 15 is 0 Å². The predicted octanol–water partition coefficient (Wildman–Crippen LogP) is 10.6. The number of rotatable bonds is 6. The van der Waals surface area contributed by atoms with E-state index in [-0.39, 0.29) is 5.41 Å². The van der Waals surface area contributed by atoms with Crippen LogP contribution in [0.5, 0.6) is 0 Å². The second kappa shape index (κ2) is 10.1. The van der Waals surface area contributed by atoms with E-state index in [4.69, 9.17) is 0 Å². The van der Waals surface area contributed by atoms with Crippen LogP contribution in [0.15, 0.2) is 164 Å². The summed E-state index contributed by atoms with van der Waals surface area (Å²) in [6.45, 7) is 6.19. The van der Waals surface area contributed by atoms with Crippen LogP contribution in [-0.4, -0.2) is 0 Å². The van der Waals surface area contributed by atoms with Crippen molar-refractivity contribution < 1.29 is 0 Å². The van der Waals surface area contributed by atoms with Crippen LogP contribution in [0.1, 0.15) is 29.2 Å². The molecule has 0 aromatic heterocycles. The fraction of sp³-hybridized carbons (Fsp3) is 0.0500. The summed E-state index contributed by atoms with van der Waals surface area (Å²) in [5, 5.41) is 8.66. The molecule has 0 bridgehead atoms. The first-order valence-corrected chi connectivity index (χ1v) is 14.1. The molecule has 0 amide bonds. The fourth-order valence-corrected chi connectivity index (χ4v) is 6.62. The number of hydrogen-bond acceptors (Lipinski definition) is 1. The van der Waals surface area contributed by atoms with E-state index in [2.05, 4.69) is 158 Å². The number of hydrogen-bond donors (Lipinski definition) is 1. The molecule has 0 heterocycles. The van der Waals surface area contributed by atoms with Gasteiger partial charge in [-0.2, -0.15) is 0 Å². The summed E-state index contributed by atoms with van der Waals surface area (Å²) in [5.74, 6) is 0. The highest BCUT2D eigenvalue weighted by Gasteiger charge is 2.45. The zero-order valence-corrected chi connectivity index (χ0v) is 23.1. The molecule has 41 heavy (non-hydrogen) atoms. The Hall–Kier alpha value is -5.14. The van der Waals surface area contributed by atoms with Crippen molar-refractivity contribution in [2.24, 2.45) is 0 Å². The van der Waals surface area contributed by atoms with Gasteiger partial charge in [0.1, 0.15) is 0 Å². The highest BCUT2D eigenvalue weighted by Crippen LogP contribution is 2.54. The Morgan fingerprint density at radius 1 is 0.585 bits per heavy atom. The molecule has 1 aliphatic rings. The van der Waals surface area contributed by atoms with Crippen LogP contribution in [0, 0.1) is 0 Å². The number of allylic oxidation sites excluding steroid dienone is 5. The minimum atomic E-state index is -0.374. The first kappa shape index (κ1) is 24.9. The lowest BCUT2D eigenvalue weighted by atomic mass is 9.67. The van der Waals surface area contributed by atoms with Gasteiger partial charge >= 0.3 is 0 Å². The molecule has 1 atom stereocenters. The minimum Gasteiger partial charge on any atom is -0.356 e. The molecule has 1 nitrogen and oxygen atoms in total. The average Bonchev–Trinajstić information content (AvgIpc) is 3.27. The molecule has 0 aliphatic heterocycles. The van der Waals surface area contributed by atoms with Crippen LogP contribution in [0.3, 0.4) is 0 Å². The topological polar surface area (TPSA) is 12.0 Å². The van der Waals surface area contributed by atoms with Gasteiger partial charge in [-0.25, -0.2) is 0 Å². The van der Waals surface area contributed by atoms with E-state index in [1.165, 1.54) is 54.9 Å². The molecule has 6 aromatic carbocycles. The molecule has 1 unspecified atom stereocenters. The quantitative estimate of drug-likeness (QED) is 0.168. The van der Waals surface area contributed by atoms with Gasteiger partial charge in [-0.15, -0.1) is 0 Å². The summed E-state index contributed by atoms with van der Waals surface area (Å²) >= 11 is 0. The molecular weight excluding hydrogens is 494 g/mol. The van der Waals surface area contributed by atoms with Gasteiger partial charge in [-0.05, 0) is 98.3 Å². The van der Waals surface area contributed by atoms with E-state index in [9.17, 15) is 0 Å². The SMILES string of the molecule is C=C/C=C\C1=C(C)C(c2ccccc2)(c2ccc(Nc3ccc4cc5ccccc5cc4c3)cc2)c2ccccc21. The highest BCUT2D eigenvalue weighted by atomic mass is 14.9. The Bertz CT molecular complexity index is 1980. The van der Waals surface area contributed by atoms with E-state index in [1.807, 2.05) is 12.2 Å². The van der Waals surface area contributed by atoms with E-state index in [0.717, 1.165) is 11.4 Å². The van der Waals surface area contributed by atoms with Gasteiger partial charge in [-0.1, -0.05) is 122 Å². The largest absolute Gasteiger partial charge is 0.356 e. The van der Waals surface area contributed by atoms with Gasteiger partial charge in [-0.3, -0.25) is 0 Å². The molecule has 196 valence electrons. The predicted molar refractivity (Wildman–Crippen MR) is 176 cm³/mol. The van der Waals surface area contributed by atoms with Crippen molar-refractivity contribution in [3.8, 4) is 0 Å². The molecule has 1 aliphatic carbocycles. The smallest absolute Gasteiger partial charge is 0.0673 e. The second-order valence-electron chi connectivity index (χ2n) is 10.8. The van der Waals surface area contributed by atoms with Gasteiger partial charge in [0.2, 0.25) is 0 Å². The number of benzene rings is 6. The normalized spacial score (nSPS) is 16.4. The number of fused-ring (bicyclic) bond motifs is 3. The third-order valence-corrected chi connectivity index (χ3v) is 8.50. The summed E-state index contributed by atoms with van der Waals surface area (Å²) in [6.07, 6.45) is 6.09. The van der Waals surface area contributed by atoms with Crippen LogP contribution in [0.4, 0.5) is 11.4 Å². The molecule has 6 aromatic rings. The average molecular weight is 526 g/mol. The maximum atomic E-state index is 3.91. The minimum absolute atomic E-state index is 0.374. The van der Waals surface area contributed by atoms with Gasteiger partial charge in [0.05, 0.1) is 5.41 Å². The van der Waals surface area contributed by atoms with Crippen molar-refractivity contribution in [1.82, 2.24) is 0 Å². The first-order valence-electron chi connectivity index (χ1n) is 14.1. The summed E-state index contributed by atoms with van der Waals surface area (Å²) in [5.41, 5.74) is 9.48. The summed E-state index contributed by atoms with van der Waals surface area (Å²) in [6, 6.07) is 48.3. The van der Waals surface area contributed by atoms with Crippen molar-refractivity contribution in [2.45, 2.75) is 12.3 Å². The molecule has 7 rings (SSSR count). The van der Waals surface area contributed by atoms with E-state index in [1.54, 1.807) is 0 Å². The van der Waals surface area contributed by atoms with Crippen LogP contribution < -0.4 is 5.32 Å². The summed E-state index contributed by atoms with van der Waals surface area (Å²) < 4.78 is 0. The highest BCUT2D eigenvalue weighted by molar-refractivity contribution is 5.99. The standard InChI is InChI=1S/C40H31N/c1-3-4-16-37-28(2)40(33-14-6-5-7-15-33,39-18-11-10-17-38(37)39)34-20-23-35(24-21-34)41-36-22-19-31-25-29-12-8-9-13-30(29)26-32(31)27-36/h3-27,41H,1H2,2H3/b16-4-. The molecular formula is C40H31N. The van der Waals surface area contributed by atoms with Crippen molar-refractivity contribution >= 4 is 38.5 Å². The molecule has 0 spiro atoms. The lowest BCUT2D eigenvalue weighted by Crippen LogP contribution is -2.28. The zero-order valence-electron chi connectivity index (χ0n) is 23.1. The lowest BCUT2D eigenvalue weighted by Gasteiger charge is -2.34. The van der Waals surface area contributed by atoms with Crippen LogP contribution in [0.2, 0.25) is 0 Å². The monoisotopic (exact) mass is 525 g/mol.